The van der Waals surface area contributed by atoms with Crippen LogP contribution in [-0.4, -0.2) is 24.1 Å². The van der Waals surface area contributed by atoms with Crippen molar-refractivity contribution in [1.29, 1.82) is 0 Å². The van der Waals surface area contributed by atoms with Gasteiger partial charge in [-0.1, -0.05) is 6.07 Å². The van der Waals surface area contributed by atoms with Gasteiger partial charge in [0, 0.05) is 18.2 Å². The second-order valence-electron chi connectivity index (χ2n) is 5.52. The molecular weight excluding hydrogens is 322 g/mol. The fraction of sp³-hybridized carbons (Fsp3) is 0.211. The first-order valence-corrected chi connectivity index (χ1v) is 7.74. The Morgan fingerprint density at radius 3 is 2.32 bits per heavy atom. The van der Waals surface area contributed by atoms with Crippen LogP contribution in [0.25, 0.3) is 6.08 Å². The van der Waals surface area contributed by atoms with E-state index in [1.165, 1.54) is 24.3 Å². The quantitative estimate of drug-likeness (QED) is 0.251. The van der Waals surface area contributed by atoms with E-state index in [-0.39, 0.29) is 18.9 Å². The topological polar surface area (TPSA) is 78.7 Å². The number of carbonyl (C=O) groups excluding carboxylic acids is 1. The zero-order chi connectivity index (χ0) is 18.2. The molecule has 0 spiro atoms. The Kier molecular flexibility index (Phi) is 6.28. The third-order valence-corrected chi connectivity index (χ3v) is 3.31. The number of ether oxygens (including phenoxy) is 2. The van der Waals surface area contributed by atoms with E-state index in [1.54, 1.807) is 12.1 Å². The van der Waals surface area contributed by atoms with Gasteiger partial charge in [-0.3, -0.25) is 10.1 Å². The van der Waals surface area contributed by atoms with Crippen LogP contribution in [-0.2, 0) is 9.53 Å². The summed E-state index contributed by atoms with van der Waals surface area (Å²) >= 11 is 0. The van der Waals surface area contributed by atoms with Crippen molar-refractivity contribution in [1.82, 2.24) is 0 Å². The molecule has 2 aromatic carbocycles. The molecule has 0 aromatic heterocycles. The first-order valence-electron chi connectivity index (χ1n) is 7.74. The minimum absolute atomic E-state index is 0.00302. The standard InChI is InChI=1S/C19H19NO5/c1-14-11-15(2)13-18(12-14)24-9-10-25-19(21)8-5-16-3-6-17(7-4-16)20(22)23/h3-8,11-13H,9-10H2,1-2H3/b8-5+. The maximum atomic E-state index is 11.6. The van der Waals surface area contributed by atoms with Crippen LogP contribution in [0.5, 0.6) is 5.75 Å². The fourth-order valence-corrected chi connectivity index (χ4v) is 2.24. The lowest BCUT2D eigenvalue weighted by atomic mass is 10.1. The van der Waals surface area contributed by atoms with E-state index >= 15 is 0 Å². The van der Waals surface area contributed by atoms with Crippen LogP contribution < -0.4 is 4.74 Å². The third-order valence-electron chi connectivity index (χ3n) is 3.31. The number of aryl methyl sites for hydroxylation is 2. The van der Waals surface area contributed by atoms with Crippen LogP contribution >= 0.6 is 0 Å². The van der Waals surface area contributed by atoms with Crippen molar-refractivity contribution >= 4 is 17.7 Å². The van der Waals surface area contributed by atoms with Crippen molar-refractivity contribution < 1.29 is 19.2 Å². The average molecular weight is 341 g/mol. The second-order valence-corrected chi connectivity index (χ2v) is 5.52. The van der Waals surface area contributed by atoms with E-state index in [0.29, 0.717) is 5.56 Å². The van der Waals surface area contributed by atoms with Crippen LogP contribution in [0.1, 0.15) is 16.7 Å². The maximum absolute atomic E-state index is 11.6. The van der Waals surface area contributed by atoms with Crippen molar-refractivity contribution in [2.24, 2.45) is 0 Å². The molecule has 0 fully saturated rings. The summed E-state index contributed by atoms with van der Waals surface area (Å²) in [4.78, 5) is 21.7. The molecular formula is C19H19NO5. The molecule has 25 heavy (non-hydrogen) atoms. The van der Waals surface area contributed by atoms with Crippen LogP contribution in [0.2, 0.25) is 0 Å². The van der Waals surface area contributed by atoms with Crippen molar-refractivity contribution in [3.05, 3.63) is 75.3 Å². The summed E-state index contributed by atoms with van der Waals surface area (Å²) in [6, 6.07) is 11.8. The van der Waals surface area contributed by atoms with Gasteiger partial charge in [0.05, 0.1) is 4.92 Å². The molecule has 0 saturated heterocycles. The highest BCUT2D eigenvalue weighted by Gasteiger charge is 2.03. The fourth-order valence-electron chi connectivity index (χ4n) is 2.24. The molecule has 0 aliphatic heterocycles. The highest BCUT2D eigenvalue weighted by atomic mass is 16.6. The van der Waals surface area contributed by atoms with Gasteiger partial charge in [-0.05, 0) is 60.9 Å². The molecule has 2 rings (SSSR count). The lowest BCUT2D eigenvalue weighted by molar-refractivity contribution is -0.384. The van der Waals surface area contributed by atoms with E-state index in [2.05, 4.69) is 6.07 Å². The van der Waals surface area contributed by atoms with Gasteiger partial charge in [-0.25, -0.2) is 4.79 Å². The molecule has 0 atom stereocenters. The number of nitrogens with zero attached hydrogens (tertiary/aromatic N) is 1. The molecule has 0 heterocycles. The summed E-state index contributed by atoms with van der Waals surface area (Å²) in [5, 5.41) is 10.6. The lowest BCUT2D eigenvalue weighted by Crippen LogP contribution is -2.10. The van der Waals surface area contributed by atoms with E-state index < -0.39 is 10.9 Å². The first kappa shape index (κ1) is 18.2. The highest BCUT2D eigenvalue weighted by Crippen LogP contribution is 2.16. The number of hydrogen-bond donors (Lipinski definition) is 0. The molecule has 6 nitrogen and oxygen atoms in total. The van der Waals surface area contributed by atoms with Crippen LogP contribution in [0.4, 0.5) is 5.69 Å². The van der Waals surface area contributed by atoms with Crippen LogP contribution in [0.15, 0.2) is 48.5 Å². The van der Waals surface area contributed by atoms with Gasteiger partial charge in [0.2, 0.25) is 0 Å². The molecule has 0 aliphatic carbocycles. The summed E-state index contributed by atoms with van der Waals surface area (Å²) in [5.74, 6) is 0.248. The van der Waals surface area contributed by atoms with Gasteiger partial charge < -0.3 is 9.47 Å². The Morgan fingerprint density at radius 1 is 1.08 bits per heavy atom. The Bertz CT molecular complexity index is 761. The zero-order valence-corrected chi connectivity index (χ0v) is 14.1. The van der Waals surface area contributed by atoms with Crippen molar-refractivity contribution in [2.45, 2.75) is 13.8 Å². The number of carbonyl (C=O) groups is 1. The smallest absolute Gasteiger partial charge is 0.330 e. The number of esters is 1. The average Bonchev–Trinajstić information content (AvgIpc) is 2.56. The molecule has 0 saturated carbocycles. The van der Waals surface area contributed by atoms with E-state index in [0.717, 1.165) is 16.9 Å². The van der Waals surface area contributed by atoms with Crippen LogP contribution in [0.3, 0.4) is 0 Å². The van der Waals surface area contributed by atoms with Gasteiger partial charge in [-0.2, -0.15) is 0 Å². The van der Waals surface area contributed by atoms with Crippen LogP contribution in [0, 0.1) is 24.0 Å². The summed E-state index contributed by atoms with van der Waals surface area (Å²) in [7, 11) is 0. The molecule has 2 aromatic rings. The number of nitro groups is 1. The number of non-ortho nitro benzene ring substituents is 1. The van der Waals surface area contributed by atoms with E-state index in [9.17, 15) is 14.9 Å². The Hall–Kier alpha value is -3.15. The minimum Gasteiger partial charge on any atom is -0.490 e. The summed E-state index contributed by atoms with van der Waals surface area (Å²) in [6.07, 6.45) is 2.81. The summed E-state index contributed by atoms with van der Waals surface area (Å²) < 4.78 is 10.6. The van der Waals surface area contributed by atoms with Crippen molar-refractivity contribution in [3.8, 4) is 5.75 Å². The molecule has 130 valence electrons. The first-order chi connectivity index (χ1) is 11.9. The van der Waals surface area contributed by atoms with Gasteiger partial charge in [0.1, 0.15) is 19.0 Å². The lowest BCUT2D eigenvalue weighted by Gasteiger charge is -2.08. The highest BCUT2D eigenvalue weighted by molar-refractivity contribution is 5.87. The monoisotopic (exact) mass is 341 g/mol. The van der Waals surface area contributed by atoms with Crippen molar-refractivity contribution in [2.75, 3.05) is 13.2 Å². The van der Waals surface area contributed by atoms with Crippen molar-refractivity contribution in [3.63, 3.8) is 0 Å². The summed E-state index contributed by atoms with van der Waals surface area (Å²) in [5.41, 5.74) is 2.90. The van der Waals surface area contributed by atoms with Gasteiger partial charge in [0.15, 0.2) is 0 Å². The van der Waals surface area contributed by atoms with Gasteiger partial charge in [-0.15, -0.1) is 0 Å². The summed E-state index contributed by atoms with van der Waals surface area (Å²) in [6.45, 7) is 4.38. The Balaban J connectivity index is 1.75. The Labute approximate surface area is 145 Å². The molecule has 0 amide bonds. The number of rotatable bonds is 7. The van der Waals surface area contributed by atoms with E-state index in [4.69, 9.17) is 9.47 Å². The predicted molar refractivity (Wildman–Crippen MR) is 94.5 cm³/mol. The molecule has 0 N–H and O–H groups in total. The largest absolute Gasteiger partial charge is 0.490 e. The molecule has 0 radical (unpaired) electrons. The second kappa shape index (κ2) is 8.63. The normalized spacial score (nSPS) is 10.6. The molecule has 0 unspecified atom stereocenters. The zero-order valence-electron chi connectivity index (χ0n) is 14.1. The van der Waals surface area contributed by atoms with Gasteiger partial charge in [0.25, 0.3) is 5.69 Å². The molecule has 0 aliphatic rings. The number of hydrogen-bond acceptors (Lipinski definition) is 5. The third kappa shape index (κ3) is 6.10. The van der Waals surface area contributed by atoms with E-state index in [1.807, 2.05) is 26.0 Å². The SMILES string of the molecule is Cc1cc(C)cc(OCCOC(=O)/C=C/c2ccc([N+](=O)[O-])cc2)c1. The number of nitro benzene ring substituents is 1. The van der Waals surface area contributed by atoms with Gasteiger partial charge >= 0.3 is 5.97 Å². The maximum Gasteiger partial charge on any atom is 0.330 e. The molecule has 6 heteroatoms. The molecule has 0 bridgehead atoms. The number of benzene rings is 2. The Morgan fingerprint density at radius 2 is 1.72 bits per heavy atom. The predicted octanol–water partition coefficient (Wildman–Crippen LogP) is 3.85. The minimum atomic E-state index is -0.498.